The highest BCUT2D eigenvalue weighted by atomic mass is 35.5. The molecular weight excluding hydrogens is 230 g/mol. The molecule has 0 aliphatic rings. The Balaban J connectivity index is 2.60. The lowest BCUT2D eigenvalue weighted by Crippen LogP contribution is -2.29. The quantitative estimate of drug-likeness (QED) is 0.826. The van der Waals surface area contributed by atoms with Gasteiger partial charge in [0.15, 0.2) is 6.10 Å². The first-order valence-corrected chi connectivity index (χ1v) is 5.10. The lowest BCUT2D eigenvalue weighted by Gasteiger charge is -2.12. The molecule has 5 heteroatoms. The fourth-order valence-corrected chi connectivity index (χ4v) is 1.30. The Hall–Kier alpha value is -1.55. The summed E-state index contributed by atoms with van der Waals surface area (Å²) in [6, 6.07) is 6.73. The lowest BCUT2D eigenvalue weighted by molar-refractivity contribution is -0.150. The maximum atomic E-state index is 11.5. The zero-order chi connectivity index (χ0) is 12.1. The second-order valence-corrected chi connectivity index (χ2v) is 3.69. The fraction of sp³-hybridized carbons (Fsp3) is 0.273. The van der Waals surface area contributed by atoms with E-state index in [2.05, 4.69) is 5.32 Å². The largest absolute Gasteiger partial charge is 0.453 e. The van der Waals surface area contributed by atoms with E-state index in [4.69, 9.17) is 16.3 Å². The van der Waals surface area contributed by atoms with Crippen LogP contribution >= 0.6 is 11.6 Å². The first-order valence-electron chi connectivity index (χ1n) is 4.72. The van der Waals surface area contributed by atoms with Crippen LogP contribution < -0.4 is 5.32 Å². The highest BCUT2D eigenvalue weighted by Crippen LogP contribution is 2.15. The van der Waals surface area contributed by atoms with Gasteiger partial charge in [-0.3, -0.25) is 9.59 Å². The summed E-state index contributed by atoms with van der Waals surface area (Å²) >= 11 is 5.76. The molecule has 1 unspecified atom stereocenters. The summed E-state index contributed by atoms with van der Waals surface area (Å²) < 4.78 is 4.73. The van der Waals surface area contributed by atoms with Gasteiger partial charge in [-0.1, -0.05) is 17.7 Å². The number of carbonyl (C=O) groups excluding carboxylic acids is 2. The van der Waals surface area contributed by atoms with Gasteiger partial charge in [-0.25, -0.2) is 0 Å². The standard InChI is InChI=1S/C11H12ClNO3/c1-7(16-8(2)14)11(15)13-10-5-3-4-9(12)6-10/h3-7H,1-2H3,(H,13,15). The van der Waals surface area contributed by atoms with Gasteiger partial charge in [0, 0.05) is 17.6 Å². The molecule has 0 spiro atoms. The van der Waals surface area contributed by atoms with Crippen molar-refractivity contribution in [1.82, 2.24) is 0 Å². The van der Waals surface area contributed by atoms with Crippen molar-refractivity contribution >= 4 is 29.2 Å². The molecule has 0 aromatic heterocycles. The van der Waals surface area contributed by atoms with Crippen molar-refractivity contribution < 1.29 is 14.3 Å². The Morgan fingerprint density at radius 1 is 1.44 bits per heavy atom. The van der Waals surface area contributed by atoms with Crippen LogP contribution in [0.2, 0.25) is 5.02 Å². The minimum atomic E-state index is -0.823. The Morgan fingerprint density at radius 3 is 2.69 bits per heavy atom. The van der Waals surface area contributed by atoms with Crippen molar-refractivity contribution in [2.75, 3.05) is 5.32 Å². The van der Waals surface area contributed by atoms with Crippen LogP contribution in [0.25, 0.3) is 0 Å². The lowest BCUT2D eigenvalue weighted by atomic mass is 10.3. The molecule has 1 rings (SSSR count). The second-order valence-electron chi connectivity index (χ2n) is 3.25. The predicted octanol–water partition coefficient (Wildman–Crippen LogP) is 2.23. The van der Waals surface area contributed by atoms with Crippen molar-refractivity contribution in [3.8, 4) is 0 Å². The van der Waals surface area contributed by atoms with Crippen LogP contribution in [0.4, 0.5) is 5.69 Å². The van der Waals surface area contributed by atoms with Crippen LogP contribution in [0.1, 0.15) is 13.8 Å². The van der Waals surface area contributed by atoms with E-state index in [0.29, 0.717) is 10.7 Å². The zero-order valence-electron chi connectivity index (χ0n) is 8.99. The molecule has 0 saturated carbocycles. The topological polar surface area (TPSA) is 55.4 Å². The summed E-state index contributed by atoms with van der Waals surface area (Å²) in [6.07, 6.45) is -0.823. The number of rotatable bonds is 3. The van der Waals surface area contributed by atoms with Gasteiger partial charge in [-0.15, -0.1) is 0 Å². The van der Waals surface area contributed by atoms with Crippen molar-refractivity contribution in [3.05, 3.63) is 29.3 Å². The van der Waals surface area contributed by atoms with Gasteiger partial charge in [0.25, 0.3) is 5.91 Å². The molecule has 4 nitrogen and oxygen atoms in total. The predicted molar refractivity (Wildman–Crippen MR) is 61.3 cm³/mol. The molecule has 0 saturated heterocycles. The Bertz CT molecular complexity index is 406. The molecule has 1 aromatic rings. The summed E-state index contributed by atoms with van der Waals surface area (Å²) in [6.45, 7) is 2.75. The minimum Gasteiger partial charge on any atom is -0.453 e. The van der Waals surface area contributed by atoms with Gasteiger partial charge in [0.2, 0.25) is 0 Å². The van der Waals surface area contributed by atoms with Crippen molar-refractivity contribution in [3.63, 3.8) is 0 Å². The van der Waals surface area contributed by atoms with E-state index < -0.39 is 18.0 Å². The van der Waals surface area contributed by atoms with Gasteiger partial charge in [0.05, 0.1) is 0 Å². The molecule has 0 radical (unpaired) electrons. The monoisotopic (exact) mass is 241 g/mol. The third-order valence-corrected chi connectivity index (χ3v) is 2.04. The molecule has 86 valence electrons. The maximum absolute atomic E-state index is 11.5. The van der Waals surface area contributed by atoms with Crippen LogP contribution in [0, 0.1) is 0 Å². The smallest absolute Gasteiger partial charge is 0.303 e. The van der Waals surface area contributed by atoms with Crippen LogP contribution in [0.3, 0.4) is 0 Å². The van der Waals surface area contributed by atoms with E-state index in [1.54, 1.807) is 24.3 Å². The normalized spacial score (nSPS) is 11.7. The van der Waals surface area contributed by atoms with E-state index in [-0.39, 0.29) is 0 Å². The van der Waals surface area contributed by atoms with E-state index >= 15 is 0 Å². The maximum Gasteiger partial charge on any atom is 0.303 e. The van der Waals surface area contributed by atoms with Crippen molar-refractivity contribution in [1.29, 1.82) is 0 Å². The Labute approximate surface area is 98.5 Å². The van der Waals surface area contributed by atoms with Gasteiger partial charge >= 0.3 is 5.97 Å². The molecule has 16 heavy (non-hydrogen) atoms. The molecule has 0 fully saturated rings. The number of amides is 1. The summed E-state index contributed by atoms with van der Waals surface area (Å²) in [4.78, 5) is 22.2. The summed E-state index contributed by atoms with van der Waals surface area (Å²) in [5.41, 5.74) is 0.566. The molecule has 0 bridgehead atoms. The number of carbonyl (C=O) groups is 2. The van der Waals surface area contributed by atoms with Crippen molar-refractivity contribution in [2.45, 2.75) is 20.0 Å². The average molecular weight is 242 g/mol. The number of nitrogens with one attached hydrogen (secondary N) is 1. The molecule has 1 amide bonds. The molecule has 0 aliphatic heterocycles. The highest BCUT2D eigenvalue weighted by molar-refractivity contribution is 6.30. The average Bonchev–Trinajstić information content (AvgIpc) is 2.16. The van der Waals surface area contributed by atoms with Gasteiger partial charge in [0.1, 0.15) is 0 Å². The number of hydrogen-bond acceptors (Lipinski definition) is 3. The van der Waals surface area contributed by atoms with E-state index in [9.17, 15) is 9.59 Å². The summed E-state index contributed by atoms with van der Waals surface area (Å²) in [5, 5.41) is 3.11. The number of ether oxygens (including phenoxy) is 1. The van der Waals surface area contributed by atoms with Crippen LogP contribution in [-0.4, -0.2) is 18.0 Å². The van der Waals surface area contributed by atoms with E-state index in [0.717, 1.165) is 0 Å². The van der Waals surface area contributed by atoms with Crippen molar-refractivity contribution in [2.24, 2.45) is 0 Å². The zero-order valence-corrected chi connectivity index (χ0v) is 9.75. The van der Waals surface area contributed by atoms with E-state index in [1.807, 2.05) is 0 Å². The molecule has 1 N–H and O–H groups in total. The Kier molecular flexibility index (Phi) is 4.31. The number of benzene rings is 1. The first kappa shape index (κ1) is 12.5. The van der Waals surface area contributed by atoms with Crippen LogP contribution in [-0.2, 0) is 14.3 Å². The fourth-order valence-electron chi connectivity index (χ4n) is 1.11. The van der Waals surface area contributed by atoms with Crippen LogP contribution in [0.15, 0.2) is 24.3 Å². The number of anilines is 1. The highest BCUT2D eigenvalue weighted by Gasteiger charge is 2.15. The summed E-state index contributed by atoms with van der Waals surface area (Å²) in [7, 11) is 0. The molecular formula is C11H12ClNO3. The van der Waals surface area contributed by atoms with E-state index in [1.165, 1.54) is 13.8 Å². The molecule has 1 atom stereocenters. The van der Waals surface area contributed by atoms with Crippen LogP contribution in [0.5, 0.6) is 0 Å². The van der Waals surface area contributed by atoms with Gasteiger partial charge < -0.3 is 10.1 Å². The molecule has 1 aromatic carbocycles. The summed E-state index contributed by atoms with van der Waals surface area (Å²) in [5.74, 6) is -0.883. The SMILES string of the molecule is CC(=O)OC(C)C(=O)Nc1cccc(Cl)c1. The second kappa shape index (κ2) is 5.51. The minimum absolute atomic E-state index is 0.391. The first-order chi connectivity index (χ1) is 7.49. The molecule has 0 aliphatic carbocycles. The third kappa shape index (κ3) is 3.90. The number of esters is 1. The van der Waals surface area contributed by atoms with Gasteiger partial charge in [-0.2, -0.15) is 0 Å². The third-order valence-electron chi connectivity index (χ3n) is 1.80. The number of halogens is 1. The number of hydrogen-bond donors (Lipinski definition) is 1. The van der Waals surface area contributed by atoms with Gasteiger partial charge in [-0.05, 0) is 25.1 Å². The molecule has 0 heterocycles. The Morgan fingerprint density at radius 2 is 2.12 bits per heavy atom.